The van der Waals surface area contributed by atoms with Gasteiger partial charge in [0.25, 0.3) is 0 Å². The molecule has 0 saturated carbocycles. The van der Waals surface area contributed by atoms with E-state index in [4.69, 9.17) is 14.6 Å². The first-order valence-corrected chi connectivity index (χ1v) is 8.04. The van der Waals surface area contributed by atoms with Gasteiger partial charge in [-0.3, -0.25) is 0 Å². The predicted octanol–water partition coefficient (Wildman–Crippen LogP) is 0.553. The zero-order valence-corrected chi connectivity index (χ0v) is 12.9. The smallest absolute Gasteiger partial charge is 0.186 e. The van der Waals surface area contributed by atoms with Gasteiger partial charge in [-0.2, -0.15) is 0 Å². The molecular weight excluding hydrogens is 276 g/mol. The van der Waals surface area contributed by atoms with Gasteiger partial charge in [-0.1, -0.05) is 45.4 Å². The first kappa shape index (κ1) is 18.8. The van der Waals surface area contributed by atoms with Crippen molar-refractivity contribution in [2.24, 2.45) is 0 Å². The zero-order chi connectivity index (χ0) is 15.7. The molecule has 5 atom stereocenters. The lowest BCUT2D eigenvalue weighted by atomic mass is 9.99. The molecule has 0 aromatic heterocycles. The van der Waals surface area contributed by atoms with Crippen molar-refractivity contribution in [3.05, 3.63) is 0 Å². The number of aliphatic hydroxyl groups excluding tert-OH is 4. The van der Waals surface area contributed by atoms with E-state index in [0.29, 0.717) is 6.61 Å². The van der Waals surface area contributed by atoms with Crippen molar-refractivity contribution in [2.45, 2.75) is 82.6 Å². The van der Waals surface area contributed by atoms with Gasteiger partial charge in [0.1, 0.15) is 24.4 Å². The molecule has 126 valence electrons. The van der Waals surface area contributed by atoms with E-state index in [1.807, 2.05) is 0 Å². The zero-order valence-electron chi connectivity index (χ0n) is 12.9. The number of aliphatic hydroxyl groups is 4. The van der Waals surface area contributed by atoms with Crippen molar-refractivity contribution in [3.8, 4) is 0 Å². The Bertz CT molecular complexity index is 261. The maximum atomic E-state index is 9.78. The normalized spacial score (nSPS) is 33.3. The third kappa shape index (κ3) is 6.18. The van der Waals surface area contributed by atoms with Crippen molar-refractivity contribution < 1.29 is 29.9 Å². The minimum Gasteiger partial charge on any atom is -0.394 e. The average Bonchev–Trinajstić information content (AvgIpc) is 2.49. The number of hydrogen-bond acceptors (Lipinski definition) is 6. The van der Waals surface area contributed by atoms with Crippen LogP contribution in [0.5, 0.6) is 0 Å². The quantitative estimate of drug-likeness (QED) is 0.440. The van der Waals surface area contributed by atoms with Crippen molar-refractivity contribution in [1.82, 2.24) is 0 Å². The second-order valence-corrected chi connectivity index (χ2v) is 5.69. The maximum Gasteiger partial charge on any atom is 0.186 e. The van der Waals surface area contributed by atoms with Crippen LogP contribution in [0.1, 0.15) is 51.9 Å². The van der Waals surface area contributed by atoms with Gasteiger partial charge in [-0.15, -0.1) is 0 Å². The topological polar surface area (TPSA) is 99.4 Å². The minimum atomic E-state index is -1.37. The molecule has 0 unspecified atom stereocenters. The number of ether oxygens (including phenoxy) is 2. The standard InChI is InChI=1S/C15H30O6/c1-2-3-4-5-6-7-8-9-20-15-14(19)13(18)12(17)11(10-16)21-15/h11-19H,2-10H2,1H3/t11-,12+,13-,14-,15-/m1/s1. The summed E-state index contributed by atoms with van der Waals surface area (Å²) >= 11 is 0. The molecule has 1 saturated heterocycles. The van der Waals surface area contributed by atoms with Crippen LogP contribution in [-0.2, 0) is 9.47 Å². The molecule has 0 amide bonds. The molecule has 4 N–H and O–H groups in total. The van der Waals surface area contributed by atoms with Gasteiger partial charge >= 0.3 is 0 Å². The highest BCUT2D eigenvalue weighted by Crippen LogP contribution is 2.22. The van der Waals surface area contributed by atoms with Crippen LogP contribution in [0.4, 0.5) is 0 Å². The second kappa shape index (κ2) is 10.5. The van der Waals surface area contributed by atoms with E-state index in [0.717, 1.165) is 19.3 Å². The van der Waals surface area contributed by atoms with Gasteiger partial charge in [0.05, 0.1) is 6.61 Å². The van der Waals surface area contributed by atoms with Crippen LogP contribution < -0.4 is 0 Å². The monoisotopic (exact) mass is 306 g/mol. The van der Waals surface area contributed by atoms with Gasteiger partial charge in [0.2, 0.25) is 0 Å². The molecule has 6 heteroatoms. The molecule has 0 aliphatic carbocycles. The Labute approximate surface area is 126 Å². The van der Waals surface area contributed by atoms with Crippen LogP contribution in [0.2, 0.25) is 0 Å². The molecule has 0 aromatic rings. The predicted molar refractivity (Wildman–Crippen MR) is 77.7 cm³/mol. The van der Waals surface area contributed by atoms with Crippen molar-refractivity contribution >= 4 is 0 Å². The highest BCUT2D eigenvalue weighted by molar-refractivity contribution is 4.88. The fourth-order valence-electron chi connectivity index (χ4n) is 2.46. The fraction of sp³-hybridized carbons (Fsp3) is 1.00. The first-order valence-electron chi connectivity index (χ1n) is 8.04. The van der Waals surface area contributed by atoms with Gasteiger partial charge in [0.15, 0.2) is 6.29 Å². The Morgan fingerprint density at radius 1 is 0.857 bits per heavy atom. The summed E-state index contributed by atoms with van der Waals surface area (Å²) in [4.78, 5) is 0. The molecule has 0 spiro atoms. The summed E-state index contributed by atoms with van der Waals surface area (Å²) in [6, 6.07) is 0. The summed E-state index contributed by atoms with van der Waals surface area (Å²) in [5.74, 6) is 0. The Hall–Kier alpha value is -0.240. The molecule has 0 radical (unpaired) electrons. The summed E-state index contributed by atoms with van der Waals surface area (Å²) in [6.07, 6.45) is 2.20. The highest BCUT2D eigenvalue weighted by atomic mass is 16.7. The molecule has 1 aliphatic heterocycles. The molecule has 6 nitrogen and oxygen atoms in total. The van der Waals surface area contributed by atoms with E-state index in [2.05, 4.69) is 6.92 Å². The van der Waals surface area contributed by atoms with Crippen LogP contribution in [0.25, 0.3) is 0 Å². The van der Waals surface area contributed by atoms with Crippen LogP contribution in [-0.4, -0.2) is 64.3 Å². The number of hydrogen-bond donors (Lipinski definition) is 4. The van der Waals surface area contributed by atoms with E-state index in [1.165, 1.54) is 25.7 Å². The Morgan fingerprint density at radius 3 is 2.10 bits per heavy atom. The largest absolute Gasteiger partial charge is 0.394 e. The molecule has 0 bridgehead atoms. The highest BCUT2D eigenvalue weighted by Gasteiger charge is 2.43. The Kier molecular flexibility index (Phi) is 9.39. The van der Waals surface area contributed by atoms with Crippen LogP contribution >= 0.6 is 0 Å². The third-order valence-electron chi connectivity index (χ3n) is 3.88. The summed E-state index contributed by atoms with van der Waals surface area (Å²) < 4.78 is 10.7. The summed E-state index contributed by atoms with van der Waals surface area (Å²) in [5, 5.41) is 38.1. The fourth-order valence-corrected chi connectivity index (χ4v) is 2.46. The minimum absolute atomic E-state index is 0.427. The van der Waals surface area contributed by atoms with E-state index in [1.54, 1.807) is 0 Å². The maximum absolute atomic E-state index is 9.78. The first-order chi connectivity index (χ1) is 10.1. The molecular formula is C15H30O6. The Balaban J connectivity index is 2.16. The summed E-state index contributed by atoms with van der Waals surface area (Å²) in [6.45, 7) is 2.19. The van der Waals surface area contributed by atoms with E-state index in [-0.39, 0.29) is 0 Å². The average molecular weight is 306 g/mol. The number of unbranched alkanes of at least 4 members (excludes halogenated alkanes) is 6. The van der Waals surface area contributed by atoms with Gasteiger partial charge < -0.3 is 29.9 Å². The van der Waals surface area contributed by atoms with Crippen molar-refractivity contribution in [3.63, 3.8) is 0 Å². The lowest BCUT2D eigenvalue weighted by Gasteiger charge is -2.39. The third-order valence-corrected chi connectivity index (χ3v) is 3.88. The summed E-state index contributed by atoms with van der Waals surface area (Å²) in [5.41, 5.74) is 0. The molecule has 1 heterocycles. The lowest BCUT2D eigenvalue weighted by Crippen LogP contribution is -2.59. The lowest BCUT2D eigenvalue weighted by molar-refractivity contribution is -0.301. The molecule has 21 heavy (non-hydrogen) atoms. The van der Waals surface area contributed by atoms with E-state index >= 15 is 0 Å². The van der Waals surface area contributed by atoms with E-state index in [9.17, 15) is 15.3 Å². The van der Waals surface area contributed by atoms with Gasteiger partial charge in [-0.25, -0.2) is 0 Å². The van der Waals surface area contributed by atoms with Crippen molar-refractivity contribution in [1.29, 1.82) is 0 Å². The van der Waals surface area contributed by atoms with Gasteiger partial charge in [-0.05, 0) is 6.42 Å². The molecule has 1 rings (SSSR count). The Morgan fingerprint density at radius 2 is 1.48 bits per heavy atom. The summed E-state index contributed by atoms with van der Waals surface area (Å²) in [7, 11) is 0. The van der Waals surface area contributed by atoms with Crippen LogP contribution in [0, 0.1) is 0 Å². The second-order valence-electron chi connectivity index (χ2n) is 5.69. The number of rotatable bonds is 10. The van der Waals surface area contributed by atoms with Gasteiger partial charge in [0, 0.05) is 6.61 Å². The molecule has 1 fully saturated rings. The molecule has 1 aliphatic rings. The van der Waals surface area contributed by atoms with Crippen LogP contribution in [0.3, 0.4) is 0 Å². The molecule has 0 aromatic carbocycles. The van der Waals surface area contributed by atoms with Crippen molar-refractivity contribution in [2.75, 3.05) is 13.2 Å². The SMILES string of the molecule is CCCCCCCCCO[C@@H]1O[C@H](CO)[C@H](O)[C@@H](O)[C@H]1O. The van der Waals surface area contributed by atoms with E-state index < -0.39 is 37.3 Å². The van der Waals surface area contributed by atoms with Crippen LogP contribution in [0.15, 0.2) is 0 Å².